The number of aryl methyl sites for hydroxylation is 2. The Kier molecular flexibility index (Phi) is 6.23. The van der Waals surface area contributed by atoms with Crippen LogP contribution in [0.2, 0.25) is 0 Å². The van der Waals surface area contributed by atoms with Crippen molar-refractivity contribution in [3.05, 3.63) is 57.6 Å². The first kappa shape index (κ1) is 22.3. The third kappa shape index (κ3) is 4.21. The second-order valence-electron chi connectivity index (χ2n) is 10.2. The van der Waals surface area contributed by atoms with E-state index in [2.05, 4.69) is 62.3 Å². The molecular weight excluding hydrogens is 344 g/mol. The minimum absolute atomic E-state index is 0.132. The van der Waals surface area contributed by atoms with E-state index in [1.807, 2.05) is 24.3 Å². The molecule has 2 nitrogen and oxygen atoms in total. The second kappa shape index (κ2) is 7.81. The van der Waals surface area contributed by atoms with E-state index < -0.39 is 0 Å². The normalized spacial score (nSPS) is 12.6. The first-order chi connectivity index (χ1) is 12.8. The molecule has 0 unspecified atom stereocenters. The van der Waals surface area contributed by atoms with Crippen molar-refractivity contribution in [3.8, 4) is 11.5 Å². The number of rotatable bonds is 4. The van der Waals surface area contributed by atoms with Gasteiger partial charge in [-0.2, -0.15) is 0 Å². The first-order valence-electron chi connectivity index (χ1n) is 10.5. The van der Waals surface area contributed by atoms with Crippen molar-refractivity contribution in [2.45, 2.75) is 91.9 Å². The molecule has 2 rings (SSSR count). The predicted octanol–water partition coefficient (Wildman–Crippen LogP) is 7.24. The average molecular weight is 383 g/mol. The summed E-state index contributed by atoms with van der Waals surface area (Å²) in [4.78, 5) is 0. The number of phenols is 2. The molecule has 0 saturated heterocycles. The van der Waals surface area contributed by atoms with Gasteiger partial charge in [0.25, 0.3) is 0 Å². The highest BCUT2D eigenvalue weighted by Gasteiger charge is 2.33. The zero-order valence-electron chi connectivity index (χ0n) is 19.2. The van der Waals surface area contributed by atoms with Crippen LogP contribution in [0, 0.1) is 13.8 Å². The Morgan fingerprint density at radius 1 is 0.714 bits per heavy atom. The SMILES string of the molecule is CCCC(c1c(C)ccc(O)c1C(C)(C)C)c1c(C)ccc(O)c1C(C)(C)C. The van der Waals surface area contributed by atoms with E-state index in [1.54, 1.807) is 0 Å². The molecule has 0 aliphatic carbocycles. The molecule has 0 atom stereocenters. The third-order valence-corrected chi connectivity index (χ3v) is 5.66. The van der Waals surface area contributed by atoms with Crippen LogP contribution in [-0.4, -0.2) is 10.2 Å². The topological polar surface area (TPSA) is 40.5 Å². The maximum Gasteiger partial charge on any atom is 0.119 e. The van der Waals surface area contributed by atoms with Crippen molar-refractivity contribution >= 4 is 0 Å². The fourth-order valence-corrected chi connectivity index (χ4v) is 4.62. The highest BCUT2D eigenvalue weighted by Crippen LogP contribution is 2.47. The predicted molar refractivity (Wildman–Crippen MR) is 120 cm³/mol. The Morgan fingerprint density at radius 2 is 1.07 bits per heavy atom. The molecule has 0 amide bonds. The summed E-state index contributed by atoms with van der Waals surface area (Å²) in [7, 11) is 0. The second-order valence-corrected chi connectivity index (χ2v) is 10.2. The molecule has 2 aromatic carbocycles. The van der Waals surface area contributed by atoms with Gasteiger partial charge < -0.3 is 10.2 Å². The van der Waals surface area contributed by atoms with Gasteiger partial charge in [-0.15, -0.1) is 0 Å². The Labute approximate surface area is 171 Å². The molecule has 0 saturated carbocycles. The van der Waals surface area contributed by atoms with Gasteiger partial charge in [-0.3, -0.25) is 0 Å². The van der Waals surface area contributed by atoms with Crippen molar-refractivity contribution in [1.82, 2.24) is 0 Å². The van der Waals surface area contributed by atoms with Gasteiger partial charge in [-0.25, -0.2) is 0 Å². The highest BCUT2D eigenvalue weighted by molar-refractivity contribution is 5.57. The monoisotopic (exact) mass is 382 g/mol. The van der Waals surface area contributed by atoms with Gasteiger partial charge in [-0.05, 0) is 65.5 Å². The molecule has 0 bridgehead atoms. The lowest BCUT2D eigenvalue weighted by molar-refractivity contribution is 0.436. The molecule has 0 aromatic heterocycles. The molecule has 2 heteroatoms. The Hall–Kier alpha value is -1.96. The minimum Gasteiger partial charge on any atom is -0.508 e. The Morgan fingerprint density at radius 3 is 1.36 bits per heavy atom. The van der Waals surface area contributed by atoms with Gasteiger partial charge in [-0.1, -0.05) is 67.0 Å². The van der Waals surface area contributed by atoms with Crippen LogP contribution in [0.1, 0.15) is 101 Å². The highest BCUT2D eigenvalue weighted by atomic mass is 16.3. The smallest absolute Gasteiger partial charge is 0.119 e. The van der Waals surface area contributed by atoms with Crippen LogP contribution < -0.4 is 0 Å². The number of hydrogen-bond acceptors (Lipinski definition) is 2. The summed E-state index contributed by atoms with van der Waals surface area (Å²) in [6, 6.07) is 7.69. The van der Waals surface area contributed by atoms with E-state index in [-0.39, 0.29) is 16.7 Å². The van der Waals surface area contributed by atoms with Crippen molar-refractivity contribution < 1.29 is 10.2 Å². The molecule has 0 aliphatic heterocycles. The summed E-state index contributed by atoms with van der Waals surface area (Å²) >= 11 is 0. The molecule has 0 spiro atoms. The van der Waals surface area contributed by atoms with Gasteiger partial charge in [0.05, 0.1) is 0 Å². The molecule has 2 aromatic rings. The van der Waals surface area contributed by atoms with Crippen LogP contribution >= 0.6 is 0 Å². The fraction of sp³-hybridized carbons (Fsp3) is 0.538. The molecule has 2 N–H and O–H groups in total. The van der Waals surface area contributed by atoms with E-state index in [0.717, 1.165) is 24.0 Å². The average Bonchev–Trinajstić information content (AvgIpc) is 2.54. The van der Waals surface area contributed by atoms with E-state index in [9.17, 15) is 10.2 Å². The van der Waals surface area contributed by atoms with Crippen LogP contribution in [-0.2, 0) is 10.8 Å². The van der Waals surface area contributed by atoms with Crippen LogP contribution in [0.3, 0.4) is 0 Å². The molecule has 0 radical (unpaired) electrons. The lowest BCUT2D eigenvalue weighted by Gasteiger charge is -2.34. The number of hydrogen-bond donors (Lipinski definition) is 2. The zero-order valence-corrected chi connectivity index (χ0v) is 19.2. The van der Waals surface area contributed by atoms with Crippen molar-refractivity contribution in [2.75, 3.05) is 0 Å². The van der Waals surface area contributed by atoms with Crippen LogP contribution in [0.4, 0.5) is 0 Å². The summed E-state index contributed by atoms with van der Waals surface area (Å²) in [5, 5.41) is 21.6. The molecule has 0 heterocycles. The summed E-state index contributed by atoms with van der Waals surface area (Å²) in [5.74, 6) is 0.862. The maximum atomic E-state index is 10.8. The summed E-state index contributed by atoms with van der Waals surface area (Å²) in [6.07, 6.45) is 2.00. The van der Waals surface area contributed by atoms with Crippen LogP contribution in [0.25, 0.3) is 0 Å². The minimum atomic E-state index is -0.177. The lowest BCUT2D eigenvalue weighted by Crippen LogP contribution is -2.22. The lowest BCUT2D eigenvalue weighted by atomic mass is 9.70. The summed E-state index contributed by atoms with van der Waals surface area (Å²) in [6.45, 7) is 19.5. The van der Waals surface area contributed by atoms with Crippen molar-refractivity contribution in [1.29, 1.82) is 0 Å². The molecule has 0 aliphatic rings. The standard InChI is InChI=1S/C26H38O2/c1-10-11-18(21-16(2)12-14-19(27)23(21)25(4,5)6)22-17(3)13-15-20(28)24(22)26(7,8)9/h12-15,18,27-28H,10-11H2,1-9H3. The molecule has 0 fully saturated rings. The van der Waals surface area contributed by atoms with Crippen molar-refractivity contribution in [2.24, 2.45) is 0 Å². The molecular formula is C26H38O2. The number of benzene rings is 2. The van der Waals surface area contributed by atoms with E-state index in [1.165, 1.54) is 22.3 Å². The fourth-order valence-electron chi connectivity index (χ4n) is 4.62. The summed E-state index contributed by atoms with van der Waals surface area (Å²) < 4.78 is 0. The number of phenolic OH excluding ortho intramolecular Hbond substituents is 2. The maximum absolute atomic E-state index is 10.8. The largest absolute Gasteiger partial charge is 0.508 e. The molecule has 28 heavy (non-hydrogen) atoms. The van der Waals surface area contributed by atoms with E-state index >= 15 is 0 Å². The van der Waals surface area contributed by atoms with Gasteiger partial charge in [0.15, 0.2) is 0 Å². The van der Waals surface area contributed by atoms with Crippen LogP contribution in [0.15, 0.2) is 24.3 Å². The van der Waals surface area contributed by atoms with Gasteiger partial charge in [0.2, 0.25) is 0 Å². The van der Waals surface area contributed by atoms with E-state index in [4.69, 9.17) is 0 Å². The number of aromatic hydroxyl groups is 2. The quantitative estimate of drug-likeness (QED) is 0.585. The van der Waals surface area contributed by atoms with Gasteiger partial charge in [0.1, 0.15) is 11.5 Å². The Bertz CT molecular complexity index is 779. The third-order valence-electron chi connectivity index (χ3n) is 5.66. The van der Waals surface area contributed by atoms with Crippen molar-refractivity contribution in [3.63, 3.8) is 0 Å². The Balaban J connectivity index is 2.96. The van der Waals surface area contributed by atoms with Crippen LogP contribution in [0.5, 0.6) is 11.5 Å². The van der Waals surface area contributed by atoms with Gasteiger partial charge in [0, 0.05) is 17.0 Å². The zero-order chi connectivity index (χ0) is 21.4. The summed E-state index contributed by atoms with van der Waals surface area (Å²) in [5.41, 5.74) is 6.52. The first-order valence-corrected chi connectivity index (χ1v) is 10.5. The van der Waals surface area contributed by atoms with E-state index in [0.29, 0.717) is 11.5 Å². The van der Waals surface area contributed by atoms with Gasteiger partial charge >= 0.3 is 0 Å². The molecule has 154 valence electrons.